The lowest BCUT2D eigenvalue weighted by molar-refractivity contribution is -0.133. The minimum absolute atomic E-state index is 0.0173. The van der Waals surface area contributed by atoms with Crippen molar-refractivity contribution >= 4 is 5.91 Å². The maximum Gasteiger partial charge on any atom is 0.241 e. The molecule has 3 unspecified atom stereocenters. The van der Waals surface area contributed by atoms with Gasteiger partial charge in [-0.2, -0.15) is 0 Å². The van der Waals surface area contributed by atoms with Crippen molar-refractivity contribution in [2.24, 2.45) is 5.92 Å². The molecule has 0 spiro atoms. The first kappa shape index (κ1) is 14.8. The van der Waals surface area contributed by atoms with Crippen molar-refractivity contribution < 1.29 is 9.53 Å². The lowest BCUT2D eigenvalue weighted by Gasteiger charge is -2.33. The first-order valence-electron chi connectivity index (χ1n) is 7.34. The Labute approximate surface area is 116 Å². The van der Waals surface area contributed by atoms with Crippen LogP contribution in [0.4, 0.5) is 0 Å². The zero-order chi connectivity index (χ0) is 14.0. The standard InChI is InChI=1S/C14H27N3O2/c1-10(2)7-13-14(18)17(11(3)15-13)9-12-8-16(4)5-6-19-12/h10-13,15H,5-9H2,1-4H3. The first-order valence-corrected chi connectivity index (χ1v) is 7.34. The van der Waals surface area contributed by atoms with Gasteiger partial charge < -0.3 is 14.5 Å². The molecule has 2 aliphatic rings. The van der Waals surface area contributed by atoms with E-state index in [4.69, 9.17) is 4.74 Å². The zero-order valence-corrected chi connectivity index (χ0v) is 12.6. The van der Waals surface area contributed by atoms with Gasteiger partial charge >= 0.3 is 0 Å². The summed E-state index contributed by atoms with van der Waals surface area (Å²) in [4.78, 5) is 16.6. The maximum atomic E-state index is 12.4. The van der Waals surface area contributed by atoms with Crippen LogP contribution in [-0.4, -0.2) is 67.3 Å². The summed E-state index contributed by atoms with van der Waals surface area (Å²) in [6, 6.07) is -0.0173. The van der Waals surface area contributed by atoms with Crippen LogP contribution in [0, 0.1) is 5.92 Å². The summed E-state index contributed by atoms with van der Waals surface area (Å²) in [5.74, 6) is 0.767. The molecule has 0 aromatic rings. The van der Waals surface area contributed by atoms with Gasteiger partial charge in [0.1, 0.15) is 0 Å². The number of ether oxygens (including phenoxy) is 1. The van der Waals surface area contributed by atoms with Gasteiger partial charge in [0.2, 0.25) is 5.91 Å². The number of nitrogens with one attached hydrogen (secondary N) is 1. The van der Waals surface area contributed by atoms with Crippen LogP contribution in [0.1, 0.15) is 27.2 Å². The highest BCUT2D eigenvalue weighted by Gasteiger charge is 2.38. The van der Waals surface area contributed by atoms with E-state index in [9.17, 15) is 4.79 Å². The number of likely N-dealkylation sites (N-methyl/N-ethyl adjacent to an activating group) is 1. The van der Waals surface area contributed by atoms with Gasteiger partial charge in [0, 0.05) is 19.6 Å². The molecule has 0 saturated carbocycles. The number of hydrogen-bond donors (Lipinski definition) is 1. The van der Waals surface area contributed by atoms with E-state index in [1.807, 2.05) is 4.90 Å². The second-order valence-corrected chi connectivity index (χ2v) is 6.27. The molecule has 0 bridgehead atoms. The SMILES string of the molecule is CC(C)CC1NC(C)N(CC2CN(C)CCO2)C1=O. The predicted octanol–water partition coefficient (Wildman–Crippen LogP) is 0.510. The molecule has 2 rings (SSSR count). The molecule has 2 aliphatic heterocycles. The monoisotopic (exact) mass is 269 g/mol. The molecular weight excluding hydrogens is 242 g/mol. The molecule has 1 amide bonds. The van der Waals surface area contributed by atoms with Crippen molar-refractivity contribution in [2.75, 3.05) is 33.3 Å². The van der Waals surface area contributed by atoms with E-state index in [2.05, 4.69) is 38.0 Å². The molecule has 110 valence electrons. The van der Waals surface area contributed by atoms with Crippen molar-refractivity contribution in [2.45, 2.75) is 45.5 Å². The Hall–Kier alpha value is -0.650. The molecule has 0 aliphatic carbocycles. The molecule has 1 N–H and O–H groups in total. The van der Waals surface area contributed by atoms with E-state index in [1.165, 1.54) is 0 Å². The zero-order valence-electron chi connectivity index (χ0n) is 12.6. The number of morpholine rings is 1. The average molecular weight is 269 g/mol. The summed E-state index contributed by atoms with van der Waals surface area (Å²) >= 11 is 0. The number of hydrogen-bond acceptors (Lipinski definition) is 4. The number of carbonyl (C=O) groups excluding carboxylic acids is 1. The summed E-state index contributed by atoms with van der Waals surface area (Å²) in [7, 11) is 2.10. The Morgan fingerprint density at radius 3 is 2.84 bits per heavy atom. The number of rotatable bonds is 4. The Morgan fingerprint density at radius 1 is 1.47 bits per heavy atom. The smallest absolute Gasteiger partial charge is 0.241 e. The second kappa shape index (κ2) is 6.20. The Morgan fingerprint density at radius 2 is 2.21 bits per heavy atom. The van der Waals surface area contributed by atoms with E-state index >= 15 is 0 Å². The topological polar surface area (TPSA) is 44.8 Å². The molecule has 2 saturated heterocycles. The van der Waals surface area contributed by atoms with Gasteiger partial charge in [-0.15, -0.1) is 0 Å². The molecule has 0 aromatic carbocycles. The van der Waals surface area contributed by atoms with Crippen LogP contribution < -0.4 is 5.32 Å². The van der Waals surface area contributed by atoms with Gasteiger partial charge in [-0.05, 0) is 26.3 Å². The van der Waals surface area contributed by atoms with E-state index in [0.29, 0.717) is 12.5 Å². The van der Waals surface area contributed by atoms with Crippen LogP contribution in [0.15, 0.2) is 0 Å². The van der Waals surface area contributed by atoms with Crippen molar-refractivity contribution in [3.63, 3.8) is 0 Å². The lowest BCUT2D eigenvalue weighted by Crippen LogP contribution is -2.48. The van der Waals surface area contributed by atoms with Crippen molar-refractivity contribution in [3.05, 3.63) is 0 Å². The highest BCUT2D eigenvalue weighted by Crippen LogP contribution is 2.18. The van der Waals surface area contributed by atoms with Gasteiger partial charge in [0.25, 0.3) is 0 Å². The normalized spacial score (nSPS) is 33.4. The fourth-order valence-electron chi connectivity index (χ4n) is 2.93. The number of amides is 1. The van der Waals surface area contributed by atoms with E-state index in [-0.39, 0.29) is 24.2 Å². The molecule has 3 atom stereocenters. The second-order valence-electron chi connectivity index (χ2n) is 6.27. The van der Waals surface area contributed by atoms with Crippen LogP contribution in [0.5, 0.6) is 0 Å². The highest BCUT2D eigenvalue weighted by molar-refractivity contribution is 5.84. The third-order valence-electron chi connectivity index (χ3n) is 3.94. The molecule has 5 heteroatoms. The van der Waals surface area contributed by atoms with Gasteiger partial charge in [0.05, 0.1) is 24.9 Å². The lowest BCUT2D eigenvalue weighted by atomic mass is 10.0. The molecular formula is C14H27N3O2. The summed E-state index contributed by atoms with van der Waals surface area (Å²) in [6.07, 6.45) is 1.17. The first-order chi connectivity index (χ1) is 8.97. The third kappa shape index (κ3) is 3.68. The molecule has 2 heterocycles. The molecule has 5 nitrogen and oxygen atoms in total. The fourth-order valence-corrected chi connectivity index (χ4v) is 2.93. The van der Waals surface area contributed by atoms with E-state index in [1.54, 1.807) is 0 Å². The van der Waals surface area contributed by atoms with Crippen LogP contribution >= 0.6 is 0 Å². The maximum absolute atomic E-state index is 12.4. The Bertz CT molecular complexity index is 322. The molecule has 19 heavy (non-hydrogen) atoms. The molecule has 0 radical (unpaired) electrons. The van der Waals surface area contributed by atoms with Crippen molar-refractivity contribution in [1.82, 2.24) is 15.1 Å². The quantitative estimate of drug-likeness (QED) is 0.808. The fraction of sp³-hybridized carbons (Fsp3) is 0.929. The minimum Gasteiger partial charge on any atom is -0.374 e. The predicted molar refractivity (Wildman–Crippen MR) is 74.8 cm³/mol. The van der Waals surface area contributed by atoms with E-state index in [0.717, 1.165) is 26.1 Å². The highest BCUT2D eigenvalue weighted by atomic mass is 16.5. The van der Waals surface area contributed by atoms with Crippen LogP contribution in [0.25, 0.3) is 0 Å². The van der Waals surface area contributed by atoms with Crippen molar-refractivity contribution in [1.29, 1.82) is 0 Å². The number of carbonyl (C=O) groups is 1. The van der Waals surface area contributed by atoms with Gasteiger partial charge in [0.15, 0.2) is 0 Å². The van der Waals surface area contributed by atoms with Crippen LogP contribution in [0.2, 0.25) is 0 Å². The summed E-state index contributed by atoms with van der Waals surface area (Å²) in [5.41, 5.74) is 0. The molecule has 2 fully saturated rings. The summed E-state index contributed by atoms with van der Waals surface area (Å²) < 4.78 is 5.76. The Balaban J connectivity index is 1.90. The average Bonchev–Trinajstić information content (AvgIpc) is 2.56. The van der Waals surface area contributed by atoms with Gasteiger partial charge in [-0.3, -0.25) is 10.1 Å². The minimum atomic E-state index is -0.0173. The largest absolute Gasteiger partial charge is 0.374 e. The summed E-state index contributed by atoms with van der Waals surface area (Å²) in [6.45, 7) is 9.72. The van der Waals surface area contributed by atoms with Gasteiger partial charge in [-0.25, -0.2) is 0 Å². The summed E-state index contributed by atoms with van der Waals surface area (Å²) in [5, 5.41) is 3.39. The van der Waals surface area contributed by atoms with E-state index < -0.39 is 0 Å². The van der Waals surface area contributed by atoms with Crippen LogP contribution in [0.3, 0.4) is 0 Å². The van der Waals surface area contributed by atoms with Crippen molar-refractivity contribution in [3.8, 4) is 0 Å². The Kier molecular flexibility index (Phi) is 4.81. The molecule has 0 aromatic heterocycles. The number of nitrogens with zero attached hydrogens (tertiary/aromatic N) is 2. The third-order valence-corrected chi connectivity index (χ3v) is 3.94. The van der Waals surface area contributed by atoms with Crippen LogP contribution in [-0.2, 0) is 9.53 Å². The van der Waals surface area contributed by atoms with Gasteiger partial charge in [-0.1, -0.05) is 13.8 Å².